The van der Waals surface area contributed by atoms with E-state index >= 15 is 0 Å². The highest BCUT2D eigenvalue weighted by molar-refractivity contribution is 7.89. The summed E-state index contributed by atoms with van der Waals surface area (Å²) in [6.45, 7) is 3.61. The Hall–Kier alpha value is -0.170. The molecule has 2 rings (SSSR count). The summed E-state index contributed by atoms with van der Waals surface area (Å²) >= 11 is 0. The maximum atomic E-state index is 12.0. The van der Waals surface area contributed by atoms with Crippen molar-refractivity contribution in [3.63, 3.8) is 0 Å². The fourth-order valence-corrected chi connectivity index (χ4v) is 4.28. The third-order valence-corrected chi connectivity index (χ3v) is 5.21. The quantitative estimate of drug-likeness (QED) is 0.746. The zero-order valence-corrected chi connectivity index (χ0v) is 11.8. The van der Waals surface area contributed by atoms with Gasteiger partial charge in [-0.2, -0.15) is 0 Å². The molecule has 1 aliphatic heterocycles. The minimum atomic E-state index is -3.15. The van der Waals surface area contributed by atoms with Gasteiger partial charge in [-0.25, -0.2) is 13.1 Å². The predicted octanol–water partition coefficient (Wildman–Crippen LogP) is 0.615. The Balaban J connectivity index is 1.71. The normalized spacial score (nSPS) is 33.1. The molecule has 1 atom stereocenters. The van der Waals surface area contributed by atoms with E-state index < -0.39 is 10.0 Å². The van der Waals surface area contributed by atoms with E-state index in [2.05, 4.69) is 10.0 Å². The fraction of sp³-hybridized carbons (Fsp3) is 1.00. The summed E-state index contributed by atoms with van der Waals surface area (Å²) < 4.78 is 32.2. The first-order chi connectivity index (χ1) is 8.59. The second kappa shape index (κ2) is 6.32. The van der Waals surface area contributed by atoms with E-state index in [1.54, 1.807) is 0 Å². The molecule has 2 aliphatic rings. The maximum Gasteiger partial charge on any atom is 0.213 e. The maximum absolute atomic E-state index is 12.0. The van der Waals surface area contributed by atoms with Crippen LogP contribution in [0.2, 0.25) is 0 Å². The van der Waals surface area contributed by atoms with Crippen LogP contribution in [0.1, 0.15) is 39.0 Å². The van der Waals surface area contributed by atoms with Crippen LogP contribution >= 0.6 is 0 Å². The van der Waals surface area contributed by atoms with Gasteiger partial charge in [0.2, 0.25) is 10.0 Å². The summed E-state index contributed by atoms with van der Waals surface area (Å²) in [5.74, 6) is 0.211. The summed E-state index contributed by atoms with van der Waals surface area (Å²) in [6.07, 6.45) is 5.12. The summed E-state index contributed by atoms with van der Waals surface area (Å²) in [6, 6.07) is 0.203. The number of hydrogen-bond donors (Lipinski definition) is 2. The molecule has 1 aliphatic carbocycles. The first-order valence-corrected chi connectivity index (χ1v) is 8.59. The Morgan fingerprint density at radius 3 is 2.72 bits per heavy atom. The molecule has 6 heteroatoms. The second-order valence-electron chi connectivity index (χ2n) is 5.29. The van der Waals surface area contributed by atoms with Crippen molar-refractivity contribution in [3.8, 4) is 0 Å². The molecule has 0 aromatic carbocycles. The standard InChI is InChI=1S/C12H24N2O3S/c1-2-17-12-7-11(8-12)14-18(15,16)9-10-5-3-4-6-13-10/h10-14H,2-9H2,1H3. The molecule has 0 amide bonds. The van der Waals surface area contributed by atoms with Gasteiger partial charge in [0.05, 0.1) is 11.9 Å². The largest absolute Gasteiger partial charge is 0.378 e. The van der Waals surface area contributed by atoms with E-state index in [1.807, 2.05) is 6.92 Å². The number of ether oxygens (including phenoxy) is 1. The van der Waals surface area contributed by atoms with Gasteiger partial charge in [-0.05, 0) is 39.2 Å². The average molecular weight is 276 g/mol. The number of rotatable bonds is 6. The third-order valence-electron chi connectivity index (χ3n) is 3.68. The van der Waals surface area contributed by atoms with Crippen molar-refractivity contribution in [1.82, 2.24) is 10.0 Å². The molecule has 5 nitrogen and oxygen atoms in total. The topological polar surface area (TPSA) is 67.4 Å². The van der Waals surface area contributed by atoms with E-state index in [-0.39, 0.29) is 23.9 Å². The highest BCUT2D eigenvalue weighted by Gasteiger charge is 2.33. The Morgan fingerprint density at radius 1 is 1.33 bits per heavy atom. The van der Waals surface area contributed by atoms with Crippen LogP contribution in [0.25, 0.3) is 0 Å². The first-order valence-electron chi connectivity index (χ1n) is 6.94. The molecule has 0 radical (unpaired) electrons. The van der Waals surface area contributed by atoms with Crippen molar-refractivity contribution < 1.29 is 13.2 Å². The van der Waals surface area contributed by atoms with Crippen LogP contribution in [0.15, 0.2) is 0 Å². The molecular formula is C12H24N2O3S. The Morgan fingerprint density at radius 2 is 2.11 bits per heavy atom. The number of sulfonamides is 1. The fourth-order valence-electron chi connectivity index (χ4n) is 2.67. The second-order valence-corrected chi connectivity index (χ2v) is 7.09. The zero-order valence-electron chi connectivity index (χ0n) is 11.0. The first kappa shape index (κ1) is 14.2. The third kappa shape index (κ3) is 4.19. The SMILES string of the molecule is CCOC1CC(NS(=O)(=O)CC2CCCCN2)C1. The van der Waals surface area contributed by atoms with Crippen LogP contribution in [0.4, 0.5) is 0 Å². The van der Waals surface area contributed by atoms with Crippen LogP contribution in [0.3, 0.4) is 0 Å². The lowest BCUT2D eigenvalue weighted by atomic mass is 9.90. The Labute approximate surface area is 110 Å². The molecule has 0 bridgehead atoms. The van der Waals surface area contributed by atoms with E-state index in [1.165, 1.54) is 0 Å². The summed E-state index contributed by atoms with van der Waals surface area (Å²) in [5.41, 5.74) is 0. The molecule has 106 valence electrons. The van der Waals surface area contributed by atoms with E-state index in [0.29, 0.717) is 6.61 Å². The molecule has 0 aromatic rings. The Bertz CT molecular complexity index is 346. The Kier molecular flexibility index (Phi) is 5.00. The van der Waals surface area contributed by atoms with Crippen LogP contribution in [-0.2, 0) is 14.8 Å². The van der Waals surface area contributed by atoms with Gasteiger partial charge < -0.3 is 10.1 Å². The van der Waals surface area contributed by atoms with Crippen molar-refractivity contribution in [2.24, 2.45) is 0 Å². The number of nitrogens with one attached hydrogen (secondary N) is 2. The predicted molar refractivity (Wildman–Crippen MR) is 71.0 cm³/mol. The molecule has 0 aromatic heterocycles. The molecular weight excluding hydrogens is 252 g/mol. The molecule has 0 spiro atoms. The van der Waals surface area contributed by atoms with Crippen molar-refractivity contribution in [2.75, 3.05) is 18.9 Å². The van der Waals surface area contributed by atoms with Crippen LogP contribution < -0.4 is 10.0 Å². The van der Waals surface area contributed by atoms with Crippen molar-refractivity contribution >= 4 is 10.0 Å². The van der Waals surface area contributed by atoms with Crippen molar-refractivity contribution in [2.45, 2.75) is 57.2 Å². The average Bonchev–Trinajstić information content (AvgIpc) is 2.27. The number of piperidine rings is 1. The van der Waals surface area contributed by atoms with Gasteiger partial charge in [0.25, 0.3) is 0 Å². The van der Waals surface area contributed by atoms with Gasteiger partial charge in [0.1, 0.15) is 0 Å². The summed E-state index contributed by atoms with van der Waals surface area (Å²) in [4.78, 5) is 0. The summed E-state index contributed by atoms with van der Waals surface area (Å²) in [7, 11) is -3.15. The van der Waals surface area contributed by atoms with Gasteiger partial charge in [0.15, 0.2) is 0 Å². The minimum absolute atomic E-state index is 0.0788. The van der Waals surface area contributed by atoms with Crippen molar-refractivity contribution in [1.29, 1.82) is 0 Å². The monoisotopic (exact) mass is 276 g/mol. The van der Waals surface area contributed by atoms with E-state index in [0.717, 1.165) is 38.6 Å². The molecule has 2 fully saturated rings. The van der Waals surface area contributed by atoms with Crippen molar-refractivity contribution in [3.05, 3.63) is 0 Å². The number of hydrogen-bond acceptors (Lipinski definition) is 4. The van der Waals surface area contributed by atoms with E-state index in [9.17, 15) is 8.42 Å². The molecule has 1 unspecified atom stereocenters. The van der Waals surface area contributed by atoms with Crippen LogP contribution in [-0.4, -0.2) is 45.5 Å². The van der Waals surface area contributed by atoms with Crippen LogP contribution in [0, 0.1) is 0 Å². The zero-order chi connectivity index (χ0) is 13.0. The molecule has 18 heavy (non-hydrogen) atoms. The van der Waals surface area contributed by atoms with Gasteiger partial charge in [0, 0.05) is 18.7 Å². The van der Waals surface area contributed by atoms with E-state index in [4.69, 9.17) is 4.74 Å². The molecule has 1 saturated carbocycles. The lowest BCUT2D eigenvalue weighted by Crippen LogP contribution is -2.51. The summed E-state index contributed by atoms with van der Waals surface area (Å²) in [5, 5.41) is 3.27. The lowest BCUT2D eigenvalue weighted by molar-refractivity contribution is -0.00476. The minimum Gasteiger partial charge on any atom is -0.378 e. The van der Waals surface area contributed by atoms with Gasteiger partial charge in [-0.3, -0.25) is 0 Å². The van der Waals surface area contributed by atoms with Gasteiger partial charge in [-0.1, -0.05) is 6.42 Å². The lowest BCUT2D eigenvalue weighted by Gasteiger charge is -2.35. The smallest absolute Gasteiger partial charge is 0.213 e. The van der Waals surface area contributed by atoms with Gasteiger partial charge >= 0.3 is 0 Å². The molecule has 1 heterocycles. The highest BCUT2D eigenvalue weighted by Crippen LogP contribution is 2.24. The van der Waals surface area contributed by atoms with Gasteiger partial charge in [-0.15, -0.1) is 0 Å². The highest BCUT2D eigenvalue weighted by atomic mass is 32.2. The molecule has 1 saturated heterocycles. The van der Waals surface area contributed by atoms with Crippen LogP contribution in [0.5, 0.6) is 0 Å². The molecule has 2 N–H and O–H groups in total.